The molecule has 2 aromatic rings. The van der Waals surface area contributed by atoms with Crippen LogP contribution in [0.25, 0.3) is 0 Å². The molecule has 0 saturated carbocycles. The summed E-state index contributed by atoms with van der Waals surface area (Å²) in [5.74, 6) is 0.422. The first-order valence-electron chi connectivity index (χ1n) is 9.03. The van der Waals surface area contributed by atoms with Crippen LogP contribution in [0.1, 0.15) is 70.7 Å². The van der Waals surface area contributed by atoms with Crippen LogP contribution in [0.5, 0.6) is 5.75 Å². The Hall–Kier alpha value is -1.74. The van der Waals surface area contributed by atoms with E-state index in [0.29, 0.717) is 5.75 Å². The monoisotopic (exact) mass is 370 g/mol. The van der Waals surface area contributed by atoms with Gasteiger partial charge < -0.3 is 5.11 Å². The molecular weight excluding hydrogens is 340 g/mol. The molecule has 2 nitrogen and oxygen atoms in total. The molecule has 26 heavy (non-hydrogen) atoms. The van der Waals surface area contributed by atoms with E-state index in [0.717, 1.165) is 28.0 Å². The summed E-state index contributed by atoms with van der Waals surface area (Å²) in [4.78, 5) is 12.2. The summed E-state index contributed by atoms with van der Waals surface area (Å²) in [6.45, 7) is 14.4. The number of hydrogen-bond acceptors (Lipinski definition) is 3. The number of hydrogen-bond donors (Lipinski definition) is 1. The average molecular weight is 371 g/mol. The Morgan fingerprint density at radius 1 is 0.923 bits per heavy atom. The highest BCUT2D eigenvalue weighted by Crippen LogP contribution is 2.41. The normalized spacial score (nSPS) is 12.3. The smallest absolute Gasteiger partial charge is 0.190 e. The number of thioether (sulfide) groups is 1. The van der Waals surface area contributed by atoms with Crippen molar-refractivity contribution in [2.24, 2.45) is 0 Å². The summed E-state index contributed by atoms with van der Waals surface area (Å²) in [5.41, 5.74) is 4.08. The molecular formula is C23H30O2S. The van der Waals surface area contributed by atoms with E-state index in [2.05, 4.69) is 65.8 Å². The Morgan fingerprint density at radius 3 is 1.96 bits per heavy atom. The van der Waals surface area contributed by atoms with Gasteiger partial charge in [-0.2, -0.15) is 0 Å². The summed E-state index contributed by atoms with van der Waals surface area (Å²) >= 11 is 1.25. The predicted octanol–water partition coefficient (Wildman–Crippen LogP) is 6.22. The van der Waals surface area contributed by atoms with Gasteiger partial charge in [0.05, 0.1) is 0 Å². The molecule has 0 aliphatic carbocycles. The number of rotatable bonds is 3. The molecule has 2 rings (SSSR count). The molecule has 0 spiro atoms. The van der Waals surface area contributed by atoms with E-state index < -0.39 is 0 Å². The van der Waals surface area contributed by atoms with Crippen molar-refractivity contribution in [1.29, 1.82) is 0 Å². The van der Waals surface area contributed by atoms with Crippen LogP contribution in [0.3, 0.4) is 0 Å². The molecule has 0 aliphatic heterocycles. The van der Waals surface area contributed by atoms with Gasteiger partial charge in [0.1, 0.15) is 5.75 Å². The Bertz CT molecular complexity index is 791. The number of carbonyl (C=O) groups is 1. The minimum atomic E-state index is -0.148. The lowest BCUT2D eigenvalue weighted by atomic mass is 9.76. The standard InChI is InChI=1S/C23H30O2S/c1-15(24)26-18-11-8-16(9-12-18)14-17-10-13-19(22(2,3)4)21(25)20(17)23(5,6)7/h8-13,25H,14H2,1-7H3. The third-order valence-corrected chi connectivity index (χ3v) is 5.20. The molecule has 0 bridgehead atoms. The van der Waals surface area contributed by atoms with Crippen molar-refractivity contribution in [2.45, 2.75) is 70.6 Å². The highest BCUT2D eigenvalue weighted by Gasteiger charge is 2.28. The maximum Gasteiger partial charge on any atom is 0.190 e. The Balaban J connectivity index is 2.43. The molecule has 140 valence electrons. The van der Waals surface area contributed by atoms with E-state index in [-0.39, 0.29) is 15.9 Å². The van der Waals surface area contributed by atoms with Crippen molar-refractivity contribution in [3.05, 3.63) is 58.7 Å². The number of carbonyl (C=O) groups excluding carboxylic acids is 1. The lowest BCUT2D eigenvalue weighted by molar-refractivity contribution is -0.109. The van der Waals surface area contributed by atoms with Gasteiger partial charge in [-0.1, -0.05) is 77.6 Å². The van der Waals surface area contributed by atoms with Crippen molar-refractivity contribution in [3.8, 4) is 5.75 Å². The van der Waals surface area contributed by atoms with E-state index in [1.165, 1.54) is 17.3 Å². The quantitative estimate of drug-likeness (QED) is 0.652. The van der Waals surface area contributed by atoms with Crippen molar-refractivity contribution in [2.75, 3.05) is 0 Å². The molecule has 0 heterocycles. The third-order valence-electron chi connectivity index (χ3n) is 4.40. The molecule has 0 fully saturated rings. The fourth-order valence-electron chi connectivity index (χ4n) is 3.28. The summed E-state index contributed by atoms with van der Waals surface area (Å²) in [5, 5.41) is 11.1. The summed E-state index contributed by atoms with van der Waals surface area (Å²) in [7, 11) is 0. The maximum atomic E-state index is 11.2. The van der Waals surface area contributed by atoms with Gasteiger partial charge in [0.15, 0.2) is 5.12 Å². The molecule has 2 aromatic carbocycles. The SMILES string of the molecule is CC(=O)Sc1ccc(Cc2ccc(C(C)(C)C)c(O)c2C(C)(C)C)cc1. The number of aromatic hydroxyl groups is 1. The van der Waals surface area contributed by atoms with Crippen LogP contribution < -0.4 is 0 Å². The zero-order valence-corrected chi connectivity index (χ0v) is 17.8. The summed E-state index contributed by atoms with van der Waals surface area (Å²) in [6.07, 6.45) is 0.760. The van der Waals surface area contributed by atoms with Crippen LogP contribution in [0, 0.1) is 0 Å². The first-order valence-corrected chi connectivity index (χ1v) is 9.84. The molecule has 0 radical (unpaired) electrons. The Morgan fingerprint density at radius 2 is 1.50 bits per heavy atom. The largest absolute Gasteiger partial charge is 0.507 e. The van der Waals surface area contributed by atoms with Crippen molar-refractivity contribution < 1.29 is 9.90 Å². The third kappa shape index (κ3) is 4.91. The van der Waals surface area contributed by atoms with E-state index >= 15 is 0 Å². The van der Waals surface area contributed by atoms with Crippen LogP contribution in [0.4, 0.5) is 0 Å². The zero-order valence-electron chi connectivity index (χ0n) is 16.9. The van der Waals surface area contributed by atoms with Crippen molar-refractivity contribution in [1.82, 2.24) is 0 Å². The van der Waals surface area contributed by atoms with E-state index in [1.807, 2.05) is 12.1 Å². The lowest BCUT2D eigenvalue weighted by Crippen LogP contribution is -2.19. The molecule has 0 amide bonds. The number of phenolic OH excluding ortho intramolecular Hbond substituents is 1. The summed E-state index contributed by atoms with van der Waals surface area (Å²) in [6, 6.07) is 12.3. The molecule has 0 unspecified atom stereocenters. The molecule has 0 aromatic heterocycles. The van der Waals surface area contributed by atoms with Gasteiger partial charge in [-0.25, -0.2) is 0 Å². The summed E-state index contributed by atoms with van der Waals surface area (Å²) < 4.78 is 0. The zero-order chi connectivity index (χ0) is 19.7. The highest BCUT2D eigenvalue weighted by atomic mass is 32.2. The number of phenols is 1. The lowest BCUT2D eigenvalue weighted by Gasteiger charge is -2.29. The first-order chi connectivity index (χ1) is 11.9. The van der Waals surface area contributed by atoms with E-state index in [4.69, 9.17) is 0 Å². The topological polar surface area (TPSA) is 37.3 Å². The highest BCUT2D eigenvalue weighted by molar-refractivity contribution is 8.13. The molecule has 0 atom stereocenters. The van der Waals surface area contributed by atoms with Crippen LogP contribution >= 0.6 is 11.8 Å². The van der Waals surface area contributed by atoms with Gasteiger partial charge in [-0.3, -0.25) is 4.79 Å². The second-order valence-electron chi connectivity index (χ2n) is 8.91. The fourth-order valence-corrected chi connectivity index (χ4v) is 3.89. The molecule has 0 saturated heterocycles. The van der Waals surface area contributed by atoms with Gasteiger partial charge in [0, 0.05) is 17.4 Å². The van der Waals surface area contributed by atoms with Crippen LogP contribution in [-0.2, 0) is 22.0 Å². The van der Waals surface area contributed by atoms with Gasteiger partial charge in [-0.05, 0) is 46.1 Å². The van der Waals surface area contributed by atoms with Gasteiger partial charge in [-0.15, -0.1) is 0 Å². The van der Waals surface area contributed by atoms with Gasteiger partial charge in [0.25, 0.3) is 0 Å². The fraction of sp³-hybridized carbons (Fsp3) is 0.435. The maximum absolute atomic E-state index is 11.2. The van der Waals surface area contributed by atoms with Crippen LogP contribution in [-0.4, -0.2) is 10.2 Å². The van der Waals surface area contributed by atoms with E-state index in [1.54, 1.807) is 6.92 Å². The minimum absolute atomic E-state index is 0.0930. The van der Waals surface area contributed by atoms with Crippen LogP contribution in [0.2, 0.25) is 0 Å². The molecule has 3 heteroatoms. The van der Waals surface area contributed by atoms with Crippen molar-refractivity contribution in [3.63, 3.8) is 0 Å². The second kappa shape index (κ2) is 7.48. The Labute approximate surface area is 162 Å². The number of benzene rings is 2. The molecule has 1 N–H and O–H groups in total. The van der Waals surface area contributed by atoms with Crippen molar-refractivity contribution >= 4 is 16.9 Å². The molecule has 0 aliphatic rings. The Kier molecular flexibility index (Phi) is 5.92. The van der Waals surface area contributed by atoms with Gasteiger partial charge in [0.2, 0.25) is 0 Å². The van der Waals surface area contributed by atoms with Crippen LogP contribution in [0.15, 0.2) is 41.3 Å². The van der Waals surface area contributed by atoms with E-state index in [9.17, 15) is 9.90 Å². The second-order valence-corrected chi connectivity index (χ2v) is 10.2. The average Bonchev–Trinajstić information content (AvgIpc) is 2.46. The van der Waals surface area contributed by atoms with Gasteiger partial charge >= 0.3 is 0 Å². The predicted molar refractivity (Wildman–Crippen MR) is 111 cm³/mol. The first kappa shape index (κ1) is 20.6. The minimum Gasteiger partial charge on any atom is -0.507 e.